The van der Waals surface area contributed by atoms with E-state index in [1.54, 1.807) is 0 Å². The number of para-hydroxylation sites is 1. The molecule has 1 aromatic carbocycles. The highest BCUT2D eigenvalue weighted by Gasteiger charge is 2.06. The molecule has 0 aliphatic rings. The van der Waals surface area contributed by atoms with Gasteiger partial charge in [0.1, 0.15) is 12.4 Å². The third-order valence-corrected chi connectivity index (χ3v) is 2.52. The van der Waals surface area contributed by atoms with E-state index >= 15 is 0 Å². The lowest BCUT2D eigenvalue weighted by molar-refractivity contribution is 0.314. The quantitative estimate of drug-likeness (QED) is 0.582. The lowest BCUT2D eigenvalue weighted by Gasteiger charge is -2.12. The lowest BCUT2D eigenvalue weighted by atomic mass is 10.1. The number of halogens is 2. The summed E-state index contributed by atoms with van der Waals surface area (Å²) in [5.74, 6) is 0.759. The van der Waals surface area contributed by atoms with E-state index in [1.807, 2.05) is 30.4 Å². The molecule has 0 radical (unpaired) electrons. The van der Waals surface area contributed by atoms with Gasteiger partial charge >= 0.3 is 0 Å². The maximum Gasteiger partial charge on any atom is 0.141 e. The van der Waals surface area contributed by atoms with Crippen molar-refractivity contribution in [3.05, 3.63) is 54.1 Å². The van der Waals surface area contributed by atoms with Gasteiger partial charge in [-0.25, -0.2) is 0 Å². The van der Waals surface area contributed by atoms with Crippen LogP contribution in [0.2, 0.25) is 5.02 Å². The smallest absolute Gasteiger partial charge is 0.141 e. The topological polar surface area (TPSA) is 21.3 Å². The zero-order valence-corrected chi connectivity index (χ0v) is 11.9. The van der Waals surface area contributed by atoms with Crippen molar-refractivity contribution in [1.29, 1.82) is 0 Å². The first-order valence-electron chi connectivity index (χ1n) is 5.62. The molecule has 0 amide bonds. The molecule has 0 atom stereocenters. The number of ether oxygens (including phenoxy) is 1. The van der Waals surface area contributed by atoms with Crippen LogP contribution in [-0.2, 0) is 6.42 Å². The number of allylic oxidation sites excluding steroid dienone is 1. The van der Waals surface area contributed by atoms with Crippen molar-refractivity contribution in [2.45, 2.75) is 6.42 Å². The molecular formula is C14H19Cl2NO. The van der Waals surface area contributed by atoms with Crippen molar-refractivity contribution in [2.24, 2.45) is 0 Å². The Morgan fingerprint density at radius 3 is 2.72 bits per heavy atom. The van der Waals surface area contributed by atoms with E-state index in [0.717, 1.165) is 30.8 Å². The van der Waals surface area contributed by atoms with E-state index in [-0.39, 0.29) is 12.4 Å². The predicted molar refractivity (Wildman–Crippen MR) is 81.2 cm³/mol. The monoisotopic (exact) mass is 287 g/mol. The van der Waals surface area contributed by atoms with Crippen LogP contribution in [0.15, 0.2) is 43.5 Å². The molecule has 100 valence electrons. The van der Waals surface area contributed by atoms with Gasteiger partial charge in [-0.15, -0.1) is 25.6 Å². The molecule has 2 nitrogen and oxygen atoms in total. The number of benzene rings is 1. The first-order chi connectivity index (χ1) is 8.29. The molecule has 1 N–H and O–H groups in total. The molecule has 0 aromatic heterocycles. The predicted octanol–water partition coefficient (Wildman–Crippen LogP) is 3.64. The summed E-state index contributed by atoms with van der Waals surface area (Å²) in [6.07, 6.45) is 4.42. The summed E-state index contributed by atoms with van der Waals surface area (Å²) < 4.78 is 5.69. The third-order valence-electron chi connectivity index (χ3n) is 2.23. The van der Waals surface area contributed by atoms with Gasteiger partial charge in [-0.1, -0.05) is 35.9 Å². The molecule has 4 heteroatoms. The Bertz CT molecular complexity index is 380. The van der Waals surface area contributed by atoms with Crippen molar-refractivity contribution in [2.75, 3.05) is 19.7 Å². The number of rotatable bonds is 8. The molecule has 1 rings (SSSR count). The summed E-state index contributed by atoms with van der Waals surface area (Å²) in [5.41, 5.74) is 1.07. The Morgan fingerprint density at radius 2 is 2.06 bits per heavy atom. The van der Waals surface area contributed by atoms with Crippen LogP contribution >= 0.6 is 24.0 Å². The van der Waals surface area contributed by atoms with Gasteiger partial charge in [0, 0.05) is 13.1 Å². The molecule has 0 unspecified atom stereocenters. The van der Waals surface area contributed by atoms with E-state index in [9.17, 15) is 0 Å². The van der Waals surface area contributed by atoms with Gasteiger partial charge < -0.3 is 10.1 Å². The van der Waals surface area contributed by atoms with Crippen LogP contribution in [0.3, 0.4) is 0 Å². The first kappa shape index (κ1) is 17.0. The Kier molecular flexibility index (Phi) is 9.47. The van der Waals surface area contributed by atoms with E-state index in [4.69, 9.17) is 16.3 Å². The summed E-state index contributed by atoms with van der Waals surface area (Å²) in [6, 6.07) is 5.75. The van der Waals surface area contributed by atoms with Crippen LogP contribution in [0, 0.1) is 0 Å². The zero-order chi connectivity index (χ0) is 12.5. The largest absolute Gasteiger partial charge is 0.490 e. The lowest BCUT2D eigenvalue weighted by Crippen LogP contribution is -2.21. The van der Waals surface area contributed by atoms with E-state index in [2.05, 4.69) is 18.5 Å². The standard InChI is InChI=1S/C14H18ClNO.ClH/c1-3-6-12-7-5-8-13(15)14(12)17-11-10-16-9-4-2;/h3-5,7-8,16H,1-2,6,9-11H2;1H. The fourth-order valence-corrected chi connectivity index (χ4v) is 1.71. The molecule has 0 saturated heterocycles. The Morgan fingerprint density at radius 1 is 1.28 bits per heavy atom. The molecule has 0 saturated carbocycles. The SMILES string of the molecule is C=CCNCCOc1c(Cl)cccc1CC=C.Cl. The van der Waals surface area contributed by atoms with Crippen LogP contribution in [-0.4, -0.2) is 19.7 Å². The highest BCUT2D eigenvalue weighted by atomic mass is 35.5. The van der Waals surface area contributed by atoms with Gasteiger partial charge in [0.2, 0.25) is 0 Å². The average molecular weight is 288 g/mol. The Hall–Kier alpha value is -0.960. The molecule has 0 spiro atoms. The fourth-order valence-electron chi connectivity index (χ4n) is 1.46. The first-order valence-corrected chi connectivity index (χ1v) is 6.00. The molecule has 0 bridgehead atoms. The Balaban J connectivity index is 0.00000289. The molecule has 0 heterocycles. The number of hydrogen-bond donors (Lipinski definition) is 1. The fraction of sp³-hybridized carbons (Fsp3) is 0.286. The highest BCUT2D eigenvalue weighted by molar-refractivity contribution is 6.32. The van der Waals surface area contributed by atoms with Gasteiger partial charge in [0.15, 0.2) is 0 Å². The van der Waals surface area contributed by atoms with Crippen LogP contribution in [0.4, 0.5) is 0 Å². The summed E-state index contributed by atoms with van der Waals surface area (Å²) in [6.45, 7) is 9.50. The van der Waals surface area contributed by atoms with Crippen LogP contribution in [0.25, 0.3) is 0 Å². The maximum absolute atomic E-state index is 6.11. The van der Waals surface area contributed by atoms with Crippen LogP contribution in [0.5, 0.6) is 5.75 Å². The van der Waals surface area contributed by atoms with E-state index in [0.29, 0.717) is 11.6 Å². The highest BCUT2D eigenvalue weighted by Crippen LogP contribution is 2.29. The molecule has 0 fully saturated rings. The number of hydrogen-bond acceptors (Lipinski definition) is 2. The molecule has 0 aliphatic heterocycles. The van der Waals surface area contributed by atoms with E-state index in [1.165, 1.54) is 0 Å². The molecule has 0 aliphatic carbocycles. The van der Waals surface area contributed by atoms with Gasteiger partial charge in [-0.3, -0.25) is 0 Å². The van der Waals surface area contributed by atoms with Crippen molar-refractivity contribution >= 4 is 24.0 Å². The summed E-state index contributed by atoms with van der Waals surface area (Å²) in [4.78, 5) is 0. The second-order valence-electron chi connectivity index (χ2n) is 3.56. The minimum atomic E-state index is 0. The second-order valence-corrected chi connectivity index (χ2v) is 3.97. The molecule has 1 aromatic rings. The minimum absolute atomic E-state index is 0. The maximum atomic E-state index is 6.11. The summed E-state index contributed by atoms with van der Waals surface area (Å²) in [7, 11) is 0. The van der Waals surface area contributed by atoms with Gasteiger partial charge in [0.05, 0.1) is 5.02 Å². The summed E-state index contributed by atoms with van der Waals surface area (Å²) >= 11 is 6.11. The zero-order valence-electron chi connectivity index (χ0n) is 10.3. The third kappa shape index (κ3) is 5.58. The van der Waals surface area contributed by atoms with Crippen LogP contribution < -0.4 is 10.1 Å². The van der Waals surface area contributed by atoms with Crippen molar-refractivity contribution < 1.29 is 4.74 Å². The van der Waals surface area contributed by atoms with Crippen molar-refractivity contribution in [3.63, 3.8) is 0 Å². The van der Waals surface area contributed by atoms with Gasteiger partial charge in [-0.2, -0.15) is 0 Å². The van der Waals surface area contributed by atoms with Crippen molar-refractivity contribution in [1.82, 2.24) is 5.32 Å². The van der Waals surface area contributed by atoms with E-state index < -0.39 is 0 Å². The molecule has 18 heavy (non-hydrogen) atoms. The van der Waals surface area contributed by atoms with Crippen molar-refractivity contribution in [3.8, 4) is 5.75 Å². The van der Waals surface area contributed by atoms with Gasteiger partial charge in [0.25, 0.3) is 0 Å². The number of nitrogens with one attached hydrogen (secondary N) is 1. The minimum Gasteiger partial charge on any atom is -0.490 e. The van der Waals surface area contributed by atoms with Crippen LogP contribution in [0.1, 0.15) is 5.56 Å². The van der Waals surface area contributed by atoms with Gasteiger partial charge in [-0.05, 0) is 18.1 Å². The summed E-state index contributed by atoms with van der Waals surface area (Å²) in [5, 5.41) is 3.82. The normalized spacial score (nSPS) is 9.39. The second kappa shape index (κ2) is 10.0. The molecular weight excluding hydrogens is 269 g/mol. The Labute approximate surface area is 120 Å². The average Bonchev–Trinajstić information content (AvgIpc) is 2.32.